The Morgan fingerprint density at radius 3 is 2.44 bits per heavy atom. The average molecular weight is 365 g/mol. The normalized spacial score (nSPS) is 12.4. The van der Waals surface area contributed by atoms with Crippen molar-refractivity contribution in [3.63, 3.8) is 0 Å². The zero-order valence-electron chi connectivity index (χ0n) is 16.2. The fourth-order valence-electron chi connectivity index (χ4n) is 2.28. The van der Waals surface area contributed by atoms with Gasteiger partial charge >= 0.3 is 0 Å². The van der Waals surface area contributed by atoms with Crippen LogP contribution in [0.5, 0.6) is 0 Å². The lowest BCUT2D eigenvalue weighted by atomic mass is 9.97. The van der Waals surface area contributed by atoms with Gasteiger partial charge in [-0.1, -0.05) is 39.3 Å². The van der Waals surface area contributed by atoms with Gasteiger partial charge in [0.05, 0.1) is 16.2 Å². The van der Waals surface area contributed by atoms with E-state index in [0.29, 0.717) is 16.6 Å². The van der Waals surface area contributed by atoms with Crippen LogP contribution in [0.3, 0.4) is 0 Å². The summed E-state index contributed by atoms with van der Waals surface area (Å²) in [5.74, 6) is 0.879. The Hall–Kier alpha value is -1.76. The van der Waals surface area contributed by atoms with Crippen molar-refractivity contribution in [2.24, 2.45) is 0 Å². The molecule has 0 atom stereocenters. The van der Waals surface area contributed by atoms with Crippen LogP contribution >= 0.6 is 11.3 Å². The summed E-state index contributed by atoms with van der Waals surface area (Å²) in [6, 6.07) is 0. The van der Waals surface area contributed by atoms with Gasteiger partial charge in [0, 0.05) is 5.41 Å². The standard InChI is InChI=1S/C18H28N4O2S/c1-8-9-10-12-19-11(2)13(25-12)14(23)21-18(6,7)15-20-16(24-22-15)17(3,4)5/h8-10H2,1-7H3,(H,21,23). The van der Waals surface area contributed by atoms with Crippen molar-refractivity contribution in [1.82, 2.24) is 20.4 Å². The number of nitrogens with one attached hydrogen (secondary N) is 1. The van der Waals surface area contributed by atoms with Crippen molar-refractivity contribution in [2.75, 3.05) is 0 Å². The van der Waals surface area contributed by atoms with Gasteiger partial charge in [-0.05, 0) is 33.6 Å². The molecule has 0 saturated carbocycles. The molecule has 1 N–H and O–H groups in total. The molecule has 2 heterocycles. The number of rotatable bonds is 6. The first-order chi connectivity index (χ1) is 11.5. The predicted octanol–water partition coefficient (Wildman–Crippen LogP) is 4.14. The number of hydrogen-bond acceptors (Lipinski definition) is 6. The van der Waals surface area contributed by atoms with E-state index in [2.05, 4.69) is 27.4 Å². The molecule has 0 aromatic carbocycles. The fraction of sp³-hybridized carbons (Fsp3) is 0.667. The van der Waals surface area contributed by atoms with Gasteiger partial charge < -0.3 is 9.84 Å². The maximum Gasteiger partial charge on any atom is 0.264 e. The van der Waals surface area contributed by atoms with E-state index in [1.54, 1.807) is 0 Å². The topological polar surface area (TPSA) is 80.9 Å². The molecule has 6 nitrogen and oxygen atoms in total. The van der Waals surface area contributed by atoms with Gasteiger partial charge in [-0.25, -0.2) is 4.98 Å². The highest BCUT2D eigenvalue weighted by molar-refractivity contribution is 7.13. The quantitative estimate of drug-likeness (QED) is 0.833. The third-order valence-electron chi connectivity index (χ3n) is 3.84. The maximum absolute atomic E-state index is 12.7. The highest BCUT2D eigenvalue weighted by Crippen LogP contribution is 2.25. The van der Waals surface area contributed by atoms with E-state index >= 15 is 0 Å². The number of unbranched alkanes of at least 4 members (excludes halogenated alkanes) is 1. The lowest BCUT2D eigenvalue weighted by molar-refractivity contribution is 0.0911. The highest BCUT2D eigenvalue weighted by Gasteiger charge is 2.32. The number of hydrogen-bond donors (Lipinski definition) is 1. The Morgan fingerprint density at radius 2 is 1.88 bits per heavy atom. The molecule has 2 rings (SSSR count). The van der Waals surface area contributed by atoms with Crippen molar-refractivity contribution >= 4 is 17.2 Å². The number of nitrogens with zero attached hydrogens (tertiary/aromatic N) is 3. The molecule has 0 unspecified atom stereocenters. The van der Waals surface area contributed by atoms with E-state index in [9.17, 15) is 4.79 Å². The molecule has 138 valence electrons. The Kier molecular flexibility index (Phi) is 5.66. The second-order valence-electron chi connectivity index (χ2n) is 7.88. The molecule has 25 heavy (non-hydrogen) atoms. The van der Waals surface area contributed by atoms with Crippen molar-refractivity contribution in [3.8, 4) is 0 Å². The maximum atomic E-state index is 12.7. The summed E-state index contributed by atoms with van der Waals surface area (Å²) in [5, 5.41) is 8.08. The summed E-state index contributed by atoms with van der Waals surface area (Å²) in [5.41, 5.74) is -0.189. The first-order valence-corrected chi connectivity index (χ1v) is 9.49. The summed E-state index contributed by atoms with van der Waals surface area (Å²) in [4.78, 5) is 22.3. The van der Waals surface area contributed by atoms with Crippen LogP contribution in [0, 0.1) is 6.92 Å². The highest BCUT2D eigenvalue weighted by atomic mass is 32.1. The Morgan fingerprint density at radius 1 is 1.20 bits per heavy atom. The van der Waals surface area contributed by atoms with Crippen molar-refractivity contribution in [3.05, 3.63) is 27.3 Å². The van der Waals surface area contributed by atoms with Gasteiger partial charge in [-0.3, -0.25) is 4.79 Å². The van der Waals surface area contributed by atoms with Gasteiger partial charge in [0.1, 0.15) is 4.88 Å². The van der Waals surface area contributed by atoms with Crippen LogP contribution in [-0.4, -0.2) is 21.0 Å². The van der Waals surface area contributed by atoms with Crippen molar-refractivity contribution in [2.45, 2.75) is 78.7 Å². The van der Waals surface area contributed by atoms with Crippen molar-refractivity contribution < 1.29 is 9.32 Å². The van der Waals surface area contributed by atoms with E-state index in [4.69, 9.17) is 4.52 Å². The van der Waals surface area contributed by atoms with Crippen LogP contribution in [0.4, 0.5) is 0 Å². The van der Waals surface area contributed by atoms with Crippen LogP contribution in [0.25, 0.3) is 0 Å². The molecule has 0 radical (unpaired) electrons. The molecule has 2 aromatic heterocycles. The number of thiazole rings is 1. The molecule has 1 amide bonds. The minimum atomic E-state index is -0.732. The number of aromatic nitrogens is 3. The minimum absolute atomic E-state index is 0.148. The fourth-order valence-corrected chi connectivity index (χ4v) is 3.28. The lowest BCUT2D eigenvalue weighted by Gasteiger charge is -2.22. The Labute approximate surface area is 153 Å². The van der Waals surface area contributed by atoms with Crippen molar-refractivity contribution in [1.29, 1.82) is 0 Å². The third-order valence-corrected chi connectivity index (χ3v) is 5.06. The van der Waals surface area contributed by atoms with Crippen LogP contribution in [-0.2, 0) is 17.4 Å². The molecule has 2 aromatic rings. The third kappa shape index (κ3) is 4.66. The molecular formula is C18H28N4O2S. The largest absolute Gasteiger partial charge is 0.339 e. The molecule has 0 aliphatic heterocycles. The van der Waals surface area contributed by atoms with Gasteiger partial charge in [-0.2, -0.15) is 4.98 Å². The molecule has 0 fully saturated rings. The number of aryl methyl sites for hydroxylation is 2. The minimum Gasteiger partial charge on any atom is -0.339 e. The van der Waals surface area contributed by atoms with E-state index in [1.807, 2.05) is 41.5 Å². The first-order valence-electron chi connectivity index (χ1n) is 8.68. The van der Waals surface area contributed by atoms with Crippen LogP contribution in [0.1, 0.15) is 86.5 Å². The first kappa shape index (κ1) is 19.6. The second kappa shape index (κ2) is 7.23. The predicted molar refractivity (Wildman–Crippen MR) is 99.0 cm³/mol. The van der Waals surface area contributed by atoms with E-state index in [-0.39, 0.29) is 11.3 Å². The summed E-state index contributed by atoms with van der Waals surface area (Å²) < 4.78 is 5.35. The molecule has 0 aliphatic rings. The smallest absolute Gasteiger partial charge is 0.264 e. The number of carbonyl (C=O) groups excluding carboxylic acids is 1. The molecule has 0 spiro atoms. The number of carbonyl (C=O) groups is 1. The molecule has 0 bridgehead atoms. The SMILES string of the molecule is CCCCc1nc(C)c(C(=O)NC(C)(C)c2noc(C(C)(C)C)n2)s1. The van der Waals surface area contributed by atoms with Gasteiger partial charge in [0.15, 0.2) is 5.82 Å². The van der Waals surface area contributed by atoms with Gasteiger partial charge in [0.2, 0.25) is 5.89 Å². The van der Waals surface area contributed by atoms with E-state index < -0.39 is 5.54 Å². The monoisotopic (exact) mass is 364 g/mol. The molecule has 7 heteroatoms. The summed E-state index contributed by atoms with van der Waals surface area (Å²) >= 11 is 1.47. The zero-order chi connectivity index (χ0) is 18.8. The Balaban J connectivity index is 2.16. The molecule has 0 saturated heterocycles. The number of amides is 1. The summed E-state index contributed by atoms with van der Waals surface area (Å²) in [6.45, 7) is 13.8. The second-order valence-corrected chi connectivity index (χ2v) is 8.96. The van der Waals surface area contributed by atoms with Gasteiger partial charge in [-0.15, -0.1) is 11.3 Å². The summed E-state index contributed by atoms with van der Waals surface area (Å²) in [6.07, 6.45) is 3.11. The summed E-state index contributed by atoms with van der Waals surface area (Å²) in [7, 11) is 0. The van der Waals surface area contributed by atoms with Crippen LogP contribution in [0.15, 0.2) is 4.52 Å². The zero-order valence-corrected chi connectivity index (χ0v) is 17.0. The molecule has 0 aliphatic carbocycles. The molecular weight excluding hydrogens is 336 g/mol. The Bertz CT molecular complexity index is 741. The van der Waals surface area contributed by atoms with E-state index in [1.165, 1.54) is 11.3 Å². The van der Waals surface area contributed by atoms with Gasteiger partial charge in [0.25, 0.3) is 5.91 Å². The van der Waals surface area contributed by atoms with Crippen LogP contribution < -0.4 is 5.32 Å². The average Bonchev–Trinajstić information content (AvgIpc) is 3.11. The van der Waals surface area contributed by atoms with Crippen LogP contribution in [0.2, 0.25) is 0 Å². The lowest BCUT2D eigenvalue weighted by Crippen LogP contribution is -2.41. The van der Waals surface area contributed by atoms with E-state index in [0.717, 1.165) is 30.0 Å².